The summed E-state index contributed by atoms with van der Waals surface area (Å²) in [4.78, 5) is 0.337. The molecule has 164 valence electrons. The number of benzene rings is 2. The number of hydrogen-bond acceptors (Lipinski definition) is 5. The number of hydrogen-bond donors (Lipinski definition) is 1. The van der Waals surface area contributed by atoms with Crippen molar-refractivity contribution in [2.24, 2.45) is 5.92 Å². The second kappa shape index (κ2) is 7.97. The van der Waals surface area contributed by atoms with E-state index in [2.05, 4.69) is 30.5 Å². The Morgan fingerprint density at radius 1 is 1.10 bits per heavy atom. The highest BCUT2D eigenvalue weighted by molar-refractivity contribution is 7.89. The van der Waals surface area contributed by atoms with Crippen LogP contribution < -0.4 is 10.1 Å². The topological polar surface area (TPSA) is 67.9 Å². The van der Waals surface area contributed by atoms with Gasteiger partial charge >= 0.3 is 0 Å². The normalized spacial score (nSPS) is 25.5. The number of morpholine rings is 1. The summed E-state index contributed by atoms with van der Waals surface area (Å²) in [5.74, 6) is 1.56. The summed E-state index contributed by atoms with van der Waals surface area (Å²) < 4.78 is 38.4. The van der Waals surface area contributed by atoms with Crippen LogP contribution in [0.5, 0.6) is 5.75 Å². The third kappa shape index (κ3) is 3.45. The van der Waals surface area contributed by atoms with Gasteiger partial charge in [0, 0.05) is 19.0 Å². The fourth-order valence-corrected chi connectivity index (χ4v) is 6.56. The summed E-state index contributed by atoms with van der Waals surface area (Å²) in [5, 5.41) is 3.73. The van der Waals surface area contributed by atoms with Crippen molar-refractivity contribution < 1.29 is 17.9 Å². The number of sulfonamides is 1. The first-order chi connectivity index (χ1) is 15.0. The molecule has 2 aliphatic heterocycles. The van der Waals surface area contributed by atoms with Crippen LogP contribution in [0.25, 0.3) is 0 Å². The number of fused-ring (bicyclic) bond motifs is 3. The Labute approximate surface area is 183 Å². The van der Waals surface area contributed by atoms with Gasteiger partial charge in [-0.3, -0.25) is 0 Å². The Morgan fingerprint density at radius 2 is 1.84 bits per heavy atom. The lowest BCUT2D eigenvalue weighted by Crippen LogP contribution is -2.40. The molecule has 0 unspecified atom stereocenters. The molecule has 2 heterocycles. The molecule has 2 aromatic carbocycles. The minimum Gasteiger partial charge on any atom is -0.495 e. The lowest BCUT2D eigenvalue weighted by Gasteiger charge is -2.39. The summed E-state index contributed by atoms with van der Waals surface area (Å²) in [6.45, 7) is 3.84. The summed E-state index contributed by atoms with van der Waals surface area (Å²) in [6.07, 6.45) is 5.56. The van der Waals surface area contributed by atoms with Crippen molar-refractivity contribution in [1.29, 1.82) is 0 Å². The van der Waals surface area contributed by atoms with Crippen molar-refractivity contribution in [3.05, 3.63) is 65.2 Å². The van der Waals surface area contributed by atoms with E-state index in [1.165, 1.54) is 15.4 Å². The number of aryl methyl sites for hydroxylation is 1. The van der Waals surface area contributed by atoms with Gasteiger partial charge in [-0.25, -0.2) is 8.42 Å². The van der Waals surface area contributed by atoms with Crippen molar-refractivity contribution in [2.75, 3.05) is 38.7 Å². The van der Waals surface area contributed by atoms with Crippen LogP contribution in [0, 0.1) is 12.8 Å². The van der Waals surface area contributed by atoms with E-state index in [0.717, 1.165) is 23.4 Å². The Kier molecular flexibility index (Phi) is 5.28. The Hall–Kier alpha value is -2.35. The first kappa shape index (κ1) is 20.5. The Balaban J connectivity index is 1.48. The number of anilines is 1. The van der Waals surface area contributed by atoms with E-state index in [4.69, 9.17) is 9.47 Å². The van der Waals surface area contributed by atoms with Crippen LogP contribution in [-0.4, -0.2) is 46.1 Å². The standard InChI is InChI=1S/C24H28N2O4S/c1-16-6-11-21(29-2)24-22(16)19-4-3-5-20(19)23(25-24)17-7-9-18(10-8-17)31(27,28)26-12-14-30-15-13-26/h3-4,6-11,19-20,23,25H,5,12-15H2,1-2H3/t19-,20+,23+/m0/s1. The third-order valence-electron chi connectivity index (χ3n) is 6.77. The largest absolute Gasteiger partial charge is 0.495 e. The average molecular weight is 441 g/mol. The predicted octanol–water partition coefficient (Wildman–Crippen LogP) is 3.85. The van der Waals surface area contributed by atoms with Crippen LogP contribution in [-0.2, 0) is 14.8 Å². The van der Waals surface area contributed by atoms with Gasteiger partial charge < -0.3 is 14.8 Å². The fraction of sp³-hybridized carbons (Fsp3) is 0.417. The molecule has 0 spiro atoms. The second-order valence-corrected chi connectivity index (χ2v) is 10.4. The lowest BCUT2D eigenvalue weighted by molar-refractivity contribution is 0.0730. The molecule has 1 aliphatic carbocycles. The zero-order chi connectivity index (χ0) is 21.6. The number of nitrogens with one attached hydrogen (secondary N) is 1. The molecule has 0 amide bonds. The van der Waals surface area contributed by atoms with Crippen molar-refractivity contribution in [1.82, 2.24) is 4.31 Å². The minimum atomic E-state index is -3.49. The maximum Gasteiger partial charge on any atom is 0.243 e. The molecule has 0 radical (unpaired) electrons. The van der Waals surface area contributed by atoms with Gasteiger partial charge in [-0.2, -0.15) is 4.31 Å². The van der Waals surface area contributed by atoms with E-state index in [1.807, 2.05) is 18.2 Å². The maximum atomic E-state index is 13.0. The molecule has 1 fully saturated rings. The zero-order valence-corrected chi connectivity index (χ0v) is 18.7. The second-order valence-electron chi connectivity index (χ2n) is 8.43. The summed E-state index contributed by atoms with van der Waals surface area (Å²) >= 11 is 0. The molecule has 1 N–H and O–H groups in total. The highest BCUT2D eigenvalue weighted by atomic mass is 32.2. The van der Waals surface area contributed by atoms with E-state index in [0.29, 0.717) is 43.0 Å². The first-order valence-corrected chi connectivity index (χ1v) is 12.2. The lowest BCUT2D eigenvalue weighted by atomic mass is 9.75. The van der Waals surface area contributed by atoms with Crippen molar-refractivity contribution >= 4 is 15.7 Å². The van der Waals surface area contributed by atoms with Crippen LogP contribution in [0.15, 0.2) is 53.4 Å². The number of methoxy groups -OCH3 is 1. The van der Waals surface area contributed by atoms with Crippen LogP contribution >= 0.6 is 0 Å². The van der Waals surface area contributed by atoms with Crippen LogP contribution in [0.2, 0.25) is 0 Å². The van der Waals surface area contributed by atoms with Crippen molar-refractivity contribution in [3.63, 3.8) is 0 Å². The van der Waals surface area contributed by atoms with E-state index in [1.54, 1.807) is 19.2 Å². The molecule has 0 aromatic heterocycles. The molecule has 1 saturated heterocycles. The Bertz CT molecular complexity index is 1110. The van der Waals surface area contributed by atoms with Gasteiger partial charge in [0.1, 0.15) is 5.75 Å². The summed E-state index contributed by atoms with van der Waals surface area (Å²) in [5.41, 5.74) is 4.70. The molecular formula is C24H28N2O4S. The molecule has 31 heavy (non-hydrogen) atoms. The molecule has 3 atom stereocenters. The highest BCUT2D eigenvalue weighted by Gasteiger charge is 2.40. The number of ether oxygens (including phenoxy) is 2. The van der Waals surface area contributed by atoms with E-state index < -0.39 is 10.0 Å². The van der Waals surface area contributed by atoms with Gasteiger partial charge in [-0.15, -0.1) is 0 Å². The summed E-state index contributed by atoms with van der Waals surface area (Å²) in [6, 6.07) is 11.6. The van der Waals surface area contributed by atoms with Gasteiger partial charge in [0.15, 0.2) is 0 Å². The highest BCUT2D eigenvalue weighted by Crippen LogP contribution is 2.53. The number of rotatable bonds is 4. The molecule has 0 saturated carbocycles. The average Bonchev–Trinajstić information content (AvgIpc) is 3.29. The van der Waals surface area contributed by atoms with Gasteiger partial charge in [-0.1, -0.05) is 30.4 Å². The molecule has 0 bridgehead atoms. The quantitative estimate of drug-likeness (QED) is 0.732. The van der Waals surface area contributed by atoms with Gasteiger partial charge in [0.05, 0.1) is 36.9 Å². The van der Waals surface area contributed by atoms with E-state index >= 15 is 0 Å². The summed E-state index contributed by atoms with van der Waals surface area (Å²) in [7, 11) is -1.79. The van der Waals surface area contributed by atoms with Crippen molar-refractivity contribution in [2.45, 2.75) is 30.2 Å². The molecule has 5 rings (SSSR count). The monoisotopic (exact) mass is 440 g/mol. The van der Waals surface area contributed by atoms with Gasteiger partial charge in [0.25, 0.3) is 0 Å². The Morgan fingerprint density at radius 3 is 2.55 bits per heavy atom. The smallest absolute Gasteiger partial charge is 0.243 e. The molecule has 3 aliphatic rings. The maximum absolute atomic E-state index is 13.0. The first-order valence-electron chi connectivity index (χ1n) is 10.8. The molecule has 2 aromatic rings. The van der Waals surface area contributed by atoms with Crippen molar-refractivity contribution in [3.8, 4) is 5.75 Å². The van der Waals surface area contributed by atoms with Gasteiger partial charge in [-0.05, 0) is 54.2 Å². The predicted molar refractivity (Wildman–Crippen MR) is 120 cm³/mol. The molecule has 7 heteroatoms. The van der Waals surface area contributed by atoms with E-state index in [-0.39, 0.29) is 6.04 Å². The van der Waals surface area contributed by atoms with E-state index in [9.17, 15) is 8.42 Å². The van der Waals surface area contributed by atoms with Gasteiger partial charge in [0.2, 0.25) is 10.0 Å². The van der Waals surface area contributed by atoms with Crippen LogP contribution in [0.1, 0.15) is 35.1 Å². The fourth-order valence-electron chi connectivity index (χ4n) is 5.15. The SMILES string of the molecule is COc1ccc(C)c2c1N[C@H](c1ccc(S(=O)(=O)N3CCOCC3)cc1)[C@@H]1CC=C[C@H]21. The molecule has 6 nitrogen and oxygen atoms in total. The molecular weight excluding hydrogens is 412 g/mol. The minimum absolute atomic E-state index is 0.0864. The van der Waals surface area contributed by atoms with Crippen LogP contribution in [0.4, 0.5) is 5.69 Å². The van der Waals surface area contributed by atoms with Crippen LogP contribution in [0.3, 0.4) is 0 Å². The number of nitrogens with zero attached hydrogens (tertiary/aromatic N) is 1. The number of allylic oxidation sites excluding steroid dienone is 2. The third-order valence-corrected chi connectivity index (χ3v) is 8.68. The zero-order valence-electron chi connectivity index (χ0n) is 17.9.